The summed E-state index contributed by atoms with van der Waals surface area (Å²) in [4.78, 5) is 12.8. The third kappa shape index (κ3) is 3.00. The molecule has 0 radical (unpaired) electrons. The van der Waals surface area contributed by atoms with Gasteiger partial charge in [-0.1, -0.05) is 42.5 Å². The molecule has 0 unspecified atom stereocenters. The molecular formula is C20H21NO2. The van der Waals surface area contributed by atoms with Crippen LogP contribution in [-0.2, 0) is 4.74 Å². The van der Waals surface area contributed by atoms with Crippen LogP contribution in [0.3, 0.4) is 0 Å². The molecule has 3 aromatic rings. The maximum absolute atomic E-state index is 12.8. The van der Waals surface area contributed by atoms with Gasteiger partial charge in [-0.05, 0) is 51.0 Å². The maximum Gasteiger partial charge on any atom is 0.419 e. The van der Waals surface area contributed by atoms with Crippen molar-refractivity contribution in [2.75, 3.05) is 0 Å². The van der Waals surface area contributed by atoms with Crippen molar-refractivity contribution in [3.63, 3.8) is 0 Å². The second kappa shape index (κ2) is 5.58. The number of aryl methyl sites for hydroxylation is 1. The Labute approximate surface area is 136 Å². The van der Waals surface area contributed by atoms with Crippen LogP contribution in [0.1, 0.15) is 26.3 Å². The number of hydrogen-bond donors (Lipinski definition) is 0. The Morgan fingerprint density at radius 2 is 1.70 bits per heavy atom. The molecule has 0 aliphatic carbocycles. The van der Waals surface area contributed by atoms with E-state index in [1.165, 1.54) is 0 Å². The number of benzene rings is 2. The van der Waals surface area contributed by atoms with Gasteiger partial charge >= 0.3 is 6.09 Å². The van der Waals surface area contributed by atoms with Crippen molar-refractivity contribution >= 4 is 17.0 Å². The average Bonchev–Trinajstić information content (AvgIpc) is 2.87. The molecular weight excluding hydrogens is 286 g/mol. The molecule has 3 nitrogen and oxygen atoms in total. The Balaban J connectivity index is 2.25. The van der Waals surface area contributed by atoms with Crippen molar-refractivity contribution in [2.24, 2.45) is 0 Å². The fraction of sp³-hybridized carbons (Fsp3) is 0.250. The van der Waals surface area contributed by atoms with Crippen LogP contribution in [0.2, 0.25) is 0 Å². The van der Waals surface area contributed by atoms with Crippen LogP contribution in [0.15, 0.2) is 54.6 Å². The zero-order valence-corrected chi connectivity index (χ0v) is 14.0. The Hall–Kier alpha value is -2.55. The monoisotopic (exact) mass is 307 g/mol. The Morgan fingerprint density at radius 1 is 1.00 bits per heavy atom. The molecule has 0 fully saturated rings. The smallest absolute Gasteiger partial charge is 0.419 e. The minimum absolute atomic E-state index is 0.350. The summed E-state index contributed by atoms with van der Waals surface area (Å²) >= 11 is 0. The second-order valence-corrected chi connectivity index (χ2v) is 6.72. The van der Waals surface area contributed by atoms with Crippen molar-refractivity contribution in [1.82, 2.24) is 4.57 Å². The predicted octanol–water partition coefficient (Wildman–Crippen LogP) is 5.40. The van der Waals surface area contributed by atoms with Crippen molar-refractivity contribution < 1.29 is 9.53 Å². The summed E-state index contributed by atoms with van der Waals surface area (Å²) in [6, 6.07) is 18.0. The van der Waals surface area contributed by atoms with E-state index in [2.05, 4.69) is 19.1 Å². The van der Waals surface area contributed by atoms with Crippen LogP contribution in [0.4, 0.5) is 4.79 Å². The highest BCUT2D eigenvalue weighted by molar-refractivity contribution is 5.97. The van der Waals surface area contributed by atoms with Crippen LogP contribution in [0, 0.1) is 6.92 Å². The Bertz CT molecular complexity index is 854. The topological polar surface area (TPSA) is 31.2 Å². The van der Waals surface area contributed by atoms with Crippen LogP contribution in [0.25, 0.3) is 22.2 Å². The zero-order chi connectivity index (χ0) is 16.6. The first-order valence-electron chi connectivity index (χ1n) is 7.77. The highest BCUT2D eigenvalue weighted by Gasteiger charge is 2.23. The predicted molar refractivity (Wildman–Crippen MR) is 93.7 cm³/mol. The molecule has 2 aromatic carbocycles. The van der Waals surface area contributed by atoms with Gasteiger partial charge < -0.3 is 4.74 Å². The second-order valence-electron chi connectivity index (χ2n) is 6.72. The van der Waals surface area contributed by atoms with E-state index in [0.717, 1.165) is 27.7 Å². The van der Waals surface area contributed by atoms with Crippen molar-refractivity contribution in [3.05, 3.63) is 60.2 Å². The first-order chi connectivity index (χ1) is 10.9. The number of carbonyl (C=O) groups excluding carboxylic acids is 1. The minimum atomic E-state index is -0.536. The van der Waals surface area contributed by atoms with Gasteiger partial charge in [0.2, 0.25) is 0 Å². The summed E-state index contributed by atoms with van der Waals surface area (Å²) in [5, 5.41) is 1.07. The number of fused-ring (bicyclic) bond motifs is 1. The van der Waals surface area contributed by atoms with Gasteiger partial charge in [-0.25, -0.2) is 9.36 Å². The molecule has 3 heteroatoms. The maximum atomic E-state index is 12.8. The molecule has 118 valence electrons. The number of nitrogens with zero attached hydrogens (tertiary/aromatic N) is 1. The molecule has 0 spiro atoms. The summed E-state index contributed by atoms with van der Waals surface area (Å²) in [5.41, 5.74) is 3.32. The van der Waals surface area contributed by atoms with Gasteiger partial charge in [-0.15, -0.1) is 0 Å². The van der Waals surface area contributed by atoms with E-state index in [1.807, 2.05) is 63.2 Å². The summed E-state index contributed by atoms with van der Waals surface area (Å²) in [5.74, 6) is 0. The van der Waals surface area contributed by atoms with Gasteiger partial charge in [-0.3, -0.25) is 0 Å². The van der Waals surface area contributed by atoms with E-state index in [9.17, 15) is 4.79 Å². The fourth-order valence-corrected chi connectivity index (χ4v) is 2.70. The number of carbonyl (C=O) groups is 1. The lowest BCUT2D eigenvalue weighted by atomic mass is 10.1. The SMILES string of the molecule is Cc1cccc2c1cc(-c1ccccc1)n2C(=O)OC(C)(C)C. The van der Waals surface area contributed by atoms with Crippen LogP contribution < -0.4 is 0 Å². The largest absolute Gasteiger partial charge is 0.443 e. The summed E-state index contributed by atoms with van der Waals surface area (Å²) in [6.45, 7) is 7.69. The third-order valence-corrected chi connectivity index (χ3v) is 3.71. The number of hydrogen-bond acceptors (Lipinski definition) is 2. The van der Waals surface area contributed by atoms with Crippen molar-refractivity contribution in [2.45, 2.75) is 33.3 Å². The van der Waals surface area contributed by atoms with E-state index in [-0.39, 0.29) is 6.09 Å². The van der Waals surface area contributed by atoms with Crippen molar-refractivity contribution in [1.29, 1.82) is 0 Å². The standard InChI is InChI=1S/C20H21NO2/c1-14-9-8-12-17-16(14)13-18(15-10-6-5-7-11-15)21(17)19(22)23-20(2,3)4/h5-13H,1-4H3. The van der Waals surface area contributed by atoms with Crippen molar-refractivity contribution in [3.8, 4) is 11.3 Å². The van der Waals surface area contributed by atoms with E-state index < -0.39 is 5.60 Å². The summed E-state index contributed by atoms with van der Waals surface area (Å²) in [7, 11) is 0. The zero-order valence-electron chi connectivity index (χ0n) is 14.0. The van der Waals surface area contributed by atoms with Crippen LogP contribution >= 0.6 is 0 Å². The van der Waals surface area contributed by atoms with Gasteiger partial charge in [-0.2, -0.15) is 0 Å². The molecule has 0 N–H and O–H groups in total. The lowest BCUT2D eigenvalue weighted by Crippen LogP contribution is -2.27. The number of ether oxygens (including phenoxy) is 1. The quantitative estimate of drug-likeness (QED) is 0.602. The van der Waals surface area contributed by atoms with E-state index in [1.54, 1.807) is 4.57 Å². The van der Waals surface area contributed by atoms with Gasteiger partial charge in [0.05, 0.1) is 11.2 Å². The fourth-order valence-electron chi connectivity index (χ4n) is 2.70. The third-order valence-electron chi connectivity index (χ3n) is 3.71. The molecule has 0 aliphatic heterocycles. The highest BCUT2D eigenvalue weighted by atomic mass is 16.6. The molecule has 3 rings (SSSR count). The Morgan fingerprint density at radius 3 is 2.35 bits per heavy atom. The highest BCUT2D eigenvalue weighted by Crippen LogP contribution is 2.30. The lowest BCUT2D eigenvalue weighted by molar-refractivity contribution is 0.0547. The molecule has 0 aliphatic rings. The molecule has 0 bridgehead atoms. The molecule has 23 heavy (non-hydrogen) atoms. The first-order valence-corrected chi connectivity index (χ1v) is 7.77. The molecule has 0 amide bonds. The molecule has 1 aromatic heterocycles. The van der Waals surface area contributed by atoms with Gasteiger partial charge in [0.1, 0.15) is 5.60 Å². The van der Waals surface area contributed by atoms with Gasteiger partial charge in [0.25, 0.3) is 0 Å². The molecule has 0 atom stereocenters. The summed E-state index contributed by atoms with van der Waals surface area (Å²) < 4.78 is 7.29. The molecule has 0 saturated heterocycles. The van der Waals surface area contributed by atoms with E-state index >= 15 is 0 Å². The minimum Gasteiger partial charge on any atom is -0.443 e. The lowest BCUT2D eigenvalue weighted by Gasteiger charge is -2.21. The van der Waals surface area contributed by atoms with Crippen LogP contribution in [0.5, 0.6) is 0 Å². The van der Waals surface area contributed by atoms with E-state index in [0.29, 0.717) is 0 Å². The summed E-state index contributed by atoms with van der Waals surface area (Å²) in [6.07, 6.45) is -0.350. The van der Waals surface area contributed by atoms with Gasteiger partial charge in [0.15, 0.2) is 0 Å². The molecule has 1 heterocycles. The van der Waals surface area contributed by atoms with Crippen LogP contribution in [-0.4, -0.2) is 16.3 Å². The van der Waals surface area contributed by atoms with E-state index in [4.69, 9.17) is 4.74 Å². The first kappa shape index (κ1) is 15.3. The number of rotatable bonds is 1. The average molecular weight is 307 g/mol. The van der Waals surface area contributed by atoms with Gasteiger partial charge in [0, 0.05) is 5.39 Å². The Kier molecular flexibility index (Phi) is 3.72. The normalized spacial score (nSPS) is 11.7. The molecule has 0 saturated carbocycles. The number of aromatic nitrogens is 1.